The van der Waals surface area contributed by atoms with Crippen LogP contribution < -0.4 is 20.1 Å². The minimum atomic E-state index is -0.312. The maximum Gasteiger partial charge on any atom is 0.274 e. The number of rotatable bonds is 6. The van der Waals surface area contributed by atoms with E-state index in [1.54, 1.807) is 38.5 Å². The zero-order chi connectivity index (χ0) is 19.2. The van der Waals surface area contributed by atoms with Crippen LogP contribution in [-0.2, 0) is 0 Å². The van der Waals surface area contributed by atoms with Gasteiger partial charge in [-0.1, -0.05) is 12.1 Å². The molecule has 3 rings (SSSR count). The molecule has 0 radical (unpaired) electrons. The number of anilines is 3. The summed E-state index contributed by atoms with van der Waals surface area (Å²) < 4.78 is 10.5. The summed E-state index contributed by atoms with van der Waals surface area (Å²) in [6.45, 7) is 1.96. The Balaban J connectivity index is 1.78. The first-order chi connectivity index (χ1) is 13.1. The number of hydrogen-bond acceptors (Lipinski definition) is 6. The highest BCUT2D eigenvalue weighted by atomic mass is 16.5. The van der Waals surface area contributed by atoms with E-state index in [0.717, 1.165) is 5.56 Å². The molecule has 2 aromatic carbocycles. The van der Waals surface area contributed by atoms with Gasteiger partial charge in [0.25, 0.3) is 5.91 Å². The fraction of sp³-hybridized carbons (Fsp3) is 0.150. The number of hydrogen-bond donors (Lipinski definition) is 2. The average Bonchev–Trinajstić information content (AvgIpc) is 2.68. The van der Waals surface area contributed by atoms with E-state index < -0.39 is 0 Å². The summed E-state index contributed by atoms with van der Waals surface area (Å²) in [6, 6.07) is 14.4. The molecule has 0 bridgehead atoms. The van der Waals surface area contributed by atoms with Crippen LogP contribution in [-0.4, -0.2) is 30.1 Å². The number of ether oxygens (including phenoxy) is 2. The third-order valence-corrected chi connectivity index (χ3v) is 3.82. The van der Waals surface area contributed by atoms with Gasteiger partial charge >= 0.3 is 0 Å². The fourth-order valence-electron chi connectivity index (χ4n) is 2.49. The van der Waals surface area contributed by atoms with Crippen LogP contribution in [0.3, 0.4) is 0 Å². The maximum absolute atomic E-state index is 12.5. The predicted molar refractivity (Wildman–Crippen MR) is 104 cm³/mol. The molecule has 0 aliphatic carbocycles. The SMILES string of the molecule is COc1ccc(Nc2nccc(C(=O)Nc3cccc(C)c3)n2)c(OC)c1. The van der Waals surface area contributed by atoms with Gasteiger partial charge in [-0.05, 0) is 42.8 Å². The van der Waals surface area contributed by atoms with E-state index >= 15 is 0 Å². The number of benzene rings is 2. The van der Waals surface area contributed by atoms with Crippen molar-refractivity contribution in [2.75, 3.05) is 24.9 Å². The summed E-state index contributed by atoms with van der Waals surface area (Å²) >= 11 is 0. The molecule has 0 atom stereocenters. The highest BCUT2D eigenvalue weighted by Gasteiger charge is 2.11. The van der Waals surface area contributed by atoms with Crippen molar-refractivity contribution in [1.82, 2.24) is 9.97 Å². The molecule has 1 aromatic heterocycles. The molecular formula is C20H20N4O3. The molecule has 0 saturated carbocycles. The van der Waals surface area contributed by atoms with Crippen LogP contribution in [0.25, 0.3) is 0 Å². The lowest BCUT2D eigenvalue weighted by Gasteiger charge is -2.12. The Kier molecular flexibility index (Phi) is 5.51. The Morgan fingerprint density at radius 1 is 1.04 bits per heavy atom. The van der Waals surface area contributed by atoms with E-state index in [1.807, 2.05) is 31.2 Å². The minimum Gasteiger partial charge on any atom is -0.497 e. The quantitative estimate of drug-likeness (QED) is 0.692. The third kappa shape index (κ3) is 4.52. The Labute approximate surface area is 157 Å². The van der Waals surface area contributed by atoms with Gasteiger partial charge in [0.05, 0.1) is 19.9 Å². The minimum absolute atomic E-state index is 0.251. The van der Waals surface area contributed by atoms with Crippen molar-refractivity contribution in [1.29, 1.82) is 0 Å². The van der Waals surface area contributed by atoms with Gasteiger partial charge in [0.1, 0.15) is 17.2 Å². The number of nitrogens with zero attached hydrogens (tertiary/aromatic N) is 2. The van der Waals surface area contributed by atoms with Crippen molar-refractivity contribution in [2.24, 2.45) is 0 Å². The lowest BCUT2D eigenvalue weighted by Crippen LogP contribution is -2.14. The molecular weight excluding hydrogens is 344 g/mol. The van der Waals surface area contributed by atoms with Crippen LogP contribution in [0, 0.1) is 6.92 Å². The van der Waals surface area contributed by atoms with Crippen molar-refractivity contribution in [3.63, 3.8) is 0 Å². The molecule has 0 spiro atoms. The molecule has 27 heavy (non-hydrogen) atoms. The number of amides is 1. The van der Waals surface area contributed by atoms with E-state index in [4.69, 9.17) is 9.47 Å². The zero-order valence-electron chi connectivity index (χ0n) is 15.3. The second-order valence-electron chi connectivity index (χ2n) is 5.78. The van der Waals surface area contributed by atoms with Gasteiger partial charge in [-0.3, -0.25) is 4.79 Å². The smallest absolute Gasteiger partial charge is 0.274 e. The van der Waals surface area contributed by atoms with Crippen molar-refractivity contribution < 1.29 is 14.3 Å². The fourth-order valence-corrected chi connectivity index (χ4v) is 2.49. The molecule has 7 nitrogen and oxygen atoms in total. The van der Waals surface area contributed by atoms with Crippen LogP contribution in [0.1, 0.15) is 16.1 Å². The maximum atomic E-state index is 12.5. The monoisotopic (exact) mass is 364 g/mol. The number of aryl methyl sites for hydroxylation is 1. The predicted octanol–water partition coefficient (Wildman–Crippen LogP) is 3.80. The van der Waals surface area contributed by atoms with Gasteiger partial charge < -0.3 is 20.1 Å². The first-order valence-electron chi connectivity index (χ1n) is 8.29. The Hall–Kier alpha value is -3.61. The molecule has 2 N–H and O–H groups in total. The largest absolute Gasteiger partial charge is 0.497 e. The molecule has 7 heteroatoms. The Morgan fingerprint density at radius 2 is 1.89 bits per heavy atom. The molecule has 0 unspecified atom stereocenters. The molecule has 3 aromatic rings. The van der Waals surface area contributed by atoms with Gasteiger partial charge in [0.15, 0.2) is 0 Å². The van der Waals surface area contributed by atoms with E-state index in [2.05, 4.69) is 20.6 Å². The van der Waals surface area contributed by atoms with E-state index in [9.17, 15) is 4.79 Å². The number of aromatic nitrogens is 2. The molecule has 0 aliphatic rings. The first kappa shape index (κ1) is 18.2. The van der Waals surface area contributed by atoms with E-state index in [0.29, 0.717) is 22.9 Å². The zero-order valence-corrected chi connectivity index (χ0v) is 15.3. The topological polar surface area (TPSA) is 85.4 Å². The second kappa shape index (κ2) is 8.18. The lowest BCUT2D eigenvalue weighted by molar-refractivity contribution is 0.102. The highest BCUT2D eigenvalue weighted by Crippen LogP contribution is 2.30. The third-order valence-electron chi connectivity index (χ3n) is 3.82. The van der Waals surface area contributed by atoms with Gasteiger partial charge in [-0.15, -0.1) is 0 Å². The van der Waals surface area contributed by atoms with E-state index in [1.165, 1.54) is 6.20 Å². The van der Waals surface area contributed by atoms with Crippen molar-refractivity contribution in [3.05, 3.63) is 66.0 Å². The van der Waals surface area contributed by atoms with Crippen molar-refractivity contribution >= 4 is 23.2 Å². The molecule has 1 heterocycles. The van der Waals surface area contributed by atoms with Crippen LogP contribution >= 0.6 is 0 Å². The Bertz CT molecular complexity index is 959. The second-order valence-corrected chi connectivity index (χ2v) is 5.78. The summed E-state index contributed by atoms with van der Waals surface area (Å²) in [7, 11) is 3.15. The summed E-state index contributed by atoms with van der Waals surface area (Å²) in [6.07, 6.45) is 1.52. The number of carbonyl (C=O) groups excluding carboxylic acids is 1. The molecule has 1 amide bonds. The standard InChI is InChI=1S/C20H20N4O3/c1-13-5-4-6-14(11-13)22-19(25)17-9-10-21-20(24-17)23-16-8-7-15(26-2)12-18(16)27-3/h4-12H,1-3H3,(H,22,25)(H,21,23,24). The normalized spacial score (nSPS) is 10.2. The summed E-state index contributed by atoms with van der Waals surface area (Å²) in [5, 5.41) is 5.89. The molecule has 0 fully saturated rings. The van der Waals surface area contributed by atoms with Crippen LogP contribution in [0.2, 0.25) is 0 Å². The number of carbonyl (C=O) groups is 1. The summed E-state index contributed by atoms with van der Waals surface area (Å²) in [4.78, 5) is 20.9. The van der Waals surface area contributed by atoms with Crippen LogP contribution in [0.4, 0.5) is 17.3 Å². The van der Waals surface area contributed by atoms with Crippen molar-refractivity contribution in [2.45, 2.75) is 6.92 Å². The van der Waals surface area contributed by atoms with Gasteiger partial charge in [-0.25, -0.2) is 9.97 Å². The molecule has 0 aliphatic heterocycles. The van der Waals surface area contributed by atoms with Crippen molar-refractivity contribution in [3.8, 4) is 11.5 Å². The number of methoxy groups -OCH3 is 2. The highest BCUT2D eigenvalue weighted by molar-refractivity contribution is 6.03. The van der Waals surface area contributed by atoms with E-state index in [-0.39, 0.29) is 17.5 Å². The average molecular weight is 364 g/mol. The summed E-state index contributed by atoms with van der Waals surface area (Å²) in [5.74, 6) is 1.22. The Morgan fingerprint density at radius 3 is 2.63 bits per heavy atom. The van der Waals surface area contributed by atoms with Gasteiger partial charge in [0, 0.05) is 18.0 Å². The first-order valence-corrected chi connectivity index (χ1v) is 8.29. The van der Waals surface area contributed by atoms with Crippen LogP contribution in [0.15, 0.2) is 54.7 Å². The lowest BCUT2D eigenvalue weighted by atomic mass is 10.2. The molecule has 138 valence electrons. The van der Waals surface area contributed by atoms with Crippen LogP contribution in [0.5, 0.6) is 11.5 Å². The van der Waals surface area contributed by atoms with Gasteiger partial charge in [0.2, 0.25) is 5.95 Å². The summed E-state index contributed by atoms with van der Waals surface area (Å²) in [5.41, 5.74) is 2.69. The number of nitrogens with one attached hydrogen (secondary N) is 2. The van der Waals surface area contributed by atoms with Gasteiger partial charge in [-0.2, -0.15) is 0 Å². The molecule has 0 saturated heterocycles.